The lowest BCUT2D eigenvalue weighted by Crippen LogP contribution is -2.49. The highest BCUT2D eigenvalue weighted by atomic mass is 16.6. The molecule has 1 aromatic rings. The molecule has 2 atom stereocenters. The number of carbonyl (C=O) groups excluding carboxylic acids is 3. The summed E-state index contributed by atoms with van der Waals surface area (Å²) in [5.41, 5.74) is -1.66. The number of methoxy groups -OCH3 is 1. The predicted molar refractivity (Wildman–Crippen MR) is 93.8 cm³/mol. The fraction of sp³-hybridized carbons (Fsp3) is 0.526. The third-order valence-electron chi connectivity index (χ3n) is 4.30. The molecule has 142 valence electrons. The van der Waals surface area contributed by atoms with Crippen LogP contribution in [0.15, 0.2) is 24.3 Å². The normalized spacial score (nSPS) is 20.9. The summed E-state index contributed by atoms with van der Waals surface area (Å²) in [5.74, 6) is -0.471. The number of benzene rings is 1. The van der Waals surface area contributed by atoms with Gasteiger partial charge in [-0.25, -0.2) is 4.79 Å². The molecule has 1 saturated heterocycles. The number of alkyl carbamates (subject to hydrolysis) is 1. The number of esters is 1. The number of nitrogens with one attached hydrogen (secondary N) is 1. The summed E-state index contributed by atoms with van der Waals surface area (Å²) >= 11 is 0. The van der Waals surface area contributed by atoms with Crippen LogP contribution < -0.4 is 10.1 Å². The molecule has 0 radical (unpaired) electrons. The molecule has 1 N–H and O–H groups in total. The van der Waals surface area contributed by atoms with Crippen molar-refractivity contribution in [2.45, 2.75) is 45.8 Å². The number of ether oxygens (including phenoxy) is 3. The fourth-order valence-electron chi connectivity index (χ4n) is 3.06. The predicted octanol–water partition coefficient (Wildman–Crippen LogP) is 2.78. The van der Waals surface area contributed by atoms with Crippen LogP contribution in [-0.4, -0.2) is 37.2 Å². The van der Waals surface area contributed by atoms with Gasteiger partial charge < -0.3 is 19.5 Å². The first kappa shape index (κ1) is 19.8. The van der Waals surface area contributed by atoms with Crippen LogP contribution in [0, 0.1) is 5.41 Å². The highest BCUT2D eigenvalue weighted by Gasteiger charge is 2.56. The van der Waals surface area contributed by atoms with Gasteiger partial charge in [0.15, 0.2) is 5.41 Å². The summed E-state index contributed by atoms with van der Waals surface area (Å²) < 4.78 is 15.6. The molecule has 1 heterocycles. The quantitative estimate of drug-likeness (QED) is 0.639. The van der Waals surface area contributed by atoms with Crippen LogP contribution in [0.5, 0.6) is 5.75 Å². The molecule has 0 spiro atoms. The van der Waals surface area contributed by atoms with Crippen LogP contribution in [-0.2, 0) is 19.1 Å². The number of ketones is 1. The van der Waals surface area contributed by atoms with Crippen molar-refractivity contribution in [1.29, 1.82) is 0 Å². The van der Waals surface area contributed by atoms with Gasteiger partial charge >= 0.3 is 12.1 Å². The average Bonchev–Trinajstić information content (AvgIpc) is 2.93. The van der Waals surface area contributed by atoms with Crippen LogP contribution in [0.25, 0.3) is 0 Å². The van der Waals surface area contributed by atoms with Crippen molar-refractivity contribution in [3.8, 4) is 5.75 Å². The third-order valence-corrected chi connectivity index (χ3v) is 4.30. The summed E-state index contributed by atoms with van der Waals surface area (Å²) in [6.07, 6.45) is -0.538. The van der Waals surface area contributed by atoms with E-state index in [1.54, 1.807) is 45.0 Å². The van der Waals surface area contributed by atoms with E-state index >= 15 is 0 Å². The molecule has 0 aromatic heterocycles. The molecule has 7 nitrogen and oxygen atoms in total. The van der Waals surface area contributed by atoms with E-state index in [2.05, 4.69) is 5.32 Å². The van der Waals surface area contributed by atoms with E-state index in [-0.39, 0.29) is 18.8 Å². The Kier molecular flexibility index (Phi) is 5.59. The van der Waals surface area contributed by atoms with Crippen LogP contribution in [0.1, 0.15) is 45.7 Å². The summed E-state index contributed by atoms with van der Waals surface area (Å²) in [7, 11) is 1.51. The molecule has 26 heavy (non-hydrogen) atoms. The van der Waals surface area contributed by atoms with E-state index in [0.717, 1.165) is 0 Å². The lowest BCUT2D eigenvalue weighted by molar-refractivity contribution is -0.152. The van der Waals surface area contributed by atoms with Gasteiger partial charge in [-0.2, -0.15) is 0 Å². The van der Waals surface area contributed by atoms with Crippen molar-refractivity contribution in [3.05, 3.63) is 29.8 Å². The molecule has 0 unspecified atom stereocenters. The first-order valence-electron chi connectivity index (χ1n) is 8.42. The van der Waals surface area contributed by atoms with Crippen molar-refractivity contribution in [2.24, 2.45) is 5.41 Å². The molecular weight excluding hydrogens is 338 g/mol. The van der Waals surface area contributed by atoms with E-state index in [4.69, 9.17) is 14.2 Å². The van der Waals surface area contributed by atoms with Gasteiger partial charge in [0.05, 0.1) is 19.8 Å². The Morgan fingerprint density at radius 1 is 1.31 bits per heavy atom. The van der Waals surface area contributed by atoms with E-state index in [9.17, 15) is 14.4 Å². The Balaban J connectivity index is 2.49. The Bertz CT molecular complexity index is 708. The number of carbonyl (C=O) groups is 3. The number of cyclic esters (lactones) is 1. The zero-order chi connectivity index (χ0) is 19.5. The molecule has 0 aliphatic carbocycles. The molecule has 1 aliphatic heterocycles. The number of amides is 1. The van der Waals surface area contributed by atoms with Crippen molar-refractivity contribution < 1.29 is 28.6 Å². The SMILES string of the molecule is COc1cccc([C@H](NC(=O)OC(C)(C)C)[C@@]2(C(C)=O)CCOC2=O)c1. The Labute approximate surface area is 153 Å². The van der Waals surface area contributed by atoms with Crippen molar-refractivity contribution >= 4 is 17.8 Å². The van der Waals surface area contributed by atoms with Gasteiger partial charge in [0, 0.05) is 6.42 Å². The number of Topliss-reactive ketones (excluding diaryl/α,β-unsaturated/α-hetero) is 1. The highest BCUT2D eigenvalue weighted by molar-refractivity contribution is 6.05. The molecule has 0 saturated carbocycles. The van der Waals surface area contributed by atoms with Crippen LogP contribution in [0.3, 0.4) is 0 Å². The monoisotopic (exact) mass is 363 g/mol. The van der Waals surface area contributed by atoms with Gasteiger partial charge in [0.1, 0.15) is 17.1 Å². The molecular formula is C19H25NO6. The van der Waals surface area contributed by atoms with Gasteiger partial charge in [0.25, 0.3) is 0 Å². The van der Waals surface area contributed by atoms with Gasteiger partial charge in [-0.15, -0.1) is 0 Å². The van der Waals surface area contributed by atoms with Crippen molar-refractivity contribution in [2.75, 3.05) is 13.7 Å². The highest BCUT2D eigenvalue weighted by Crippen LogP contribution is 2.44. The largest absolute Gasteiger partial charge is 0.497 e. The van der Waals surface area contributed by atoms with E-state index in [1.165, 1.54) is 14.0 Å². The summed E-state index contributed by atoms with van der Waals surface area (Å²) in [6, 6.07) is 5.94. The molecule has 2 rings (SSSR count). The Morgan fingerprint density at radius 2 is 2.00 bits per heavy atom. The maximum atomic E-state index is 12.5. The van der Waals surface area contributed by atoms with Crippen LogP contribution in [0.2, 0.25) is 0 Å². The van der Waals surface area contributed by atoms with Crippen molar-refractivity contribution in [3.63, 3.8) is 0 Å². The van der Waals surface area contributed by atoms with Gasteiger partial charge in [-0.05, 0) is 45.4 Å². The maximum absolute atomic E-state index is 12.5. The first-order chi connectivity index (χ1) is 12.1. The second-order valence-corrected chi connectivity index (χ2v) is 7.27. The topological polar surface area (TPSA) is 90.9 Å². The molecule has 0 bridgehead atoms. The van der Waals surface area contributed by atoms with E-state index in [1.807, 2.05) is 0 Å². The fourth-order valence-corrected chi connectivity index (χ4v) is 3.06. The minimum Gasteiger partial charge on any atom is -0.497 e. The standard InChI is InChI=1S/C19H25NO6/c1-12(21)19(9-10-25-16(19)22)15(20-17(23)26-18(2,3)4)13-7-6-8-14(11-13)24-5/h6-8,11,15H,9-10H2,1-5H3,(H,20,23)/t15-,19-/m0/s1. The summed E-state index contributed by atoms with van der Waals surface area (Å²) in [4.78, 5) is 37.4. The molecule has 1 aliphatic rings. The molecule has 1 fully saturated rings. The Morgan fingerprint density at radius 3 is 2.50 bits per heavy atom. The third kappa shape index (κ3) is 3.98. The molecule has 7 heteroatoms. The van der Waals surface area contributed by atoms with Crippen LogP contribution in [0.4, 0.5) is 4.79 Å². The van der Waals surface area contributed by atoms with Gasteiger partial charge in [-0.1, -0.05) is 12.1 Å². The summed E-state index contributed by atoms with van der Waals surface area (Å²) in [6.45, 7) is 6.65. The number of hydrogen-bond donors (Lipinski definition) is 1. The zero-order valence-corrected chi connectivity index (χ0v) is 15.8. The summed E-state index contributed by atoms with van der Waals surface area (Å²) in [5, 5.41) is 2.70. The second-order valence-electron chi connectivity index (χ2n) is 7.27. The minimum atomic E-state index is -1.50. The second kappa shape index (κ2) is 7.35. The maximum Gasteiger partial charge on any atom is 0.408 e. The molecule has 1 aromatic carbocycles. The van der Waals surface area contributed by atoms with Gasteiger partial charge in [0.2, 0.25) is 0 Å². The smallest absolute Gasteiger partial charge is 0.408 e. The lowest BCUT2D eigenvalue weighted by atomic mass is 9.73. The zero-order valence-electron chi connectivity index (χ0n) is 15.8. The van der Waals surface area contributed by atoms with Crippen LogP contribution >= 0.6 is 0 Å². The number of hydrogen-bond acceptors (Lipinski definition) is 6. The number of rotatable bonds is 5. The van der Waals surface area contributed by atoms with Crippen molar-refractivity contribution in [1.82, 2.24) is 5.32 Å². The van der Waals surface area contributed by atoms with E-state index in [0.29, 0.717) is 11.3 Å². The van der Waals surface area contributed by atoms with Gasteiger partial charge in [-0.3, -0.25) is 9.59 Å². The Hall–Kier alpha value is -2.57. The van der Waals surface area contributed by atoms with E-state index < -0.39 is 29.1 Å². The lowest BCUT2D eigenvalue weighted by Gasteiger charge is -2.33. The first-order valence-corrected chi connectivity index (χ1v) is 8.42. The average molecular weight is 363 g/mol. The minimum absolute atomic E-state index is 0.120. The molecule has 1 amide bonds.